The molecule has 0 unspecified atom stereocenters. The van der Waals surface area contributed by atoms with Crippen molar-refractivity contribution in [1.82, 2.24) is 5.32 Å². The van der Waals surface area contributed by atoms with Crippen LogP contribution in [0, 0.1) is 0 Å². The predicted octanol–water partition coefficient (Wildman–Crippen LogP) is 2.40. The summed E-state index contributed by atoms with van der Waals surface area (Å²) in [6.45, 7) is 0.327. The van der Waals surface area contributed by atoms with E-state index in [4.69, 9.17) is 4.74 Å². The minimum Gasteiger partial charge on any atom is -0.465 e. The lowest BCUT2D eigenvalue weighted by Gasteiger charge is -2.06. The van der Waals surface area contributed by atoms with Crippen LogP contribution in [0.1, 0.15) is 32.7 Å². The van der Waals surface area contributed by atoms with Crippen LogP contribution in [0.25, 0.3) is 0 Å². The molecule has 0 aliphatic carbocycles. The van der Waals surface area contributed by atoms with E-state index in [1.807, 2.05) is 5.38 Å². The minimum absolute atomic E-state index is 0.0934. The Bertz CT molecular complexity index is 694. The van der Waals surface area contributed by atoms with Gasteiger partial charge in [0.1, 0.15) is 6.61 Å². The molecule has 2 aromatic rings. The maximum atomic E-state index is 11.7. The summed E-state index contributed by atoms with van der Waals surface area (Å²) >= 11 is 1.44. The summed E-state index contributed by atoms with van der Waals surface area (Å²) in [5.41, 5.74) is 1.78. The topological polar surface area (TPSA) is 81.7 Å². The van der Waals surface area contributed by atoms with E-state index in [0.29, 0.717) is 11.1 Å². The molecule has 0 aliphatic heterocycles. The van der Waals surface area contributed by atoms with E-state index in [9.17, 15) is 14.4 Å². The highest BCUT2D eigenvalue weighted by Crippen LogP contribution is 2.08. The average Bonchev–Trinajstić information content (AvgIpc) is 3.14. The maximum absolute atomic E-state index is 11.7. The number of amides is 1. The number of ether oxygens (including phenoxy) is 2. The molecular weight excluding hydrogens is 330 g/mol. The highest BCUT2D eigenvalue weighted by atomic mass is 32.1. The number of carbonyl (C=O) groups excluding carboxylic acids is 3. The van der Waals surface area contributed by atoms with Gasteiger partial charge in [-0.2, -0.15) is 11.3 Å². The molecule has 6 nitrogen and oxygen atoms in total. The quantitative estimate of drug-likeness (QED) is 0.778. The van der Waals surface area contributed by atoms with E-state index in [0.717, 1.165) is 5.56 Å². The fourth-order valence-corrected chi connectivity index (χ4v) is 2.50. The zero-order valence-corrected chi connectivity index (χ0v) is 13.9. The number of thiophene rings is 1. The molecule has 0 saturated carbocycles. The second-order valence-corrected chi connectivity index (χ2v) is 5.65. The van der Waals surface area contributed by atoms with Gasteiger partial charge in [-0.05, 0) is 29.1 Å². The third-order valence-corrected chi connectivity index (χ3v) is 3.86. The fraction of sp³-hybridized carbons (Fsp3) is 0.235. The number of rotatable bonds is 7. The molecule has 0 spiro atoms. The minimum atomic E-state index is -0.417. The van der Waals surface area contributed by atoms with Gasteiger partial charge >= 0.3 is 11.9 Å². The first-order valence-corrected chi connectivity index (χ1v) is 8.17. The largest absolute Gasteiger partial charge is 0.465 e. The maximum Gasteiger partial charge on any atom is 0.337 e. The molecule has 1 heterocycles. The van der Waals surface area contributed by atoms with E-state index in [1.54, 1.807) is 35.7 Å². The molecule has 1 aromatic carbocycles. The Balaban J connectivity index is 1.69. The van der Waals surface area contributed by atoms with Gasteiger partial charge in [0.05, 0.1) is 19.1 Å². The van der Waals surface area contributed by atoms with Gasteiger partial charge in [-0.15, -0.1) is 0 Å². The van der Waals surface area contributed by atoms with Gasteiger partial charge in [0, 0.05) is 17.5 Å². The molecule has 1 amide bonds. The Labute approximate surface area is 143 Å². The predicted molar refractivity (Wildman–Crippen MR) is 88.8 cm³/mol. The zero-order chi connectivity index (χ0) is 17.4. The van der Waals surface area contributed by atoms with Gasteiger partial charge in [-0.3, -0.25) is 9.59 Å². The van der Waals surface area contributed by atoms with Crippen LogP contribution >= 0.6 is 11.3 Å². The molecule has 2 rings (SSSR count). The molecule has 0 fully saturated rings. The number of esters is 2. The fourth-order valence-electron chi connectivity index (χ4n) is 1.86. The number of nitrogens with one attached hydrogen (secondary N) is 1. The van der Waals surface area contributed by atoms with Crippen molar-refractivity contribution in [3.63, 3.8) is 0 Å². The van der Waals surface area contributed by atoms with Crippen LogP contribution in [0.4, 0.5) is 0 Å². The van der Waals surface area contributed by atoms with Crippen molar-refractivity contribution in [3.8, 4) is 0 Å². The highest BCUT2D eigenvalue weighted by molar-refractivity contribution is 7.08. The second-order valence-electron chi connectivity index (χ2n) is 4.87. The van der Waals surface area contributed by atoms with E-state index < -0.39 is 11.9 Å². The van der Waals surface area contributed by atoms with Crippen molar-refractivity contribution >= 4 is 29.2 Å². The molecule has 126 valence electrons. The molecule has 0 bridgehead atoms. The summed E-state index contributed by atoms with van der Waals surface area (Å²) in [7, 11) is 1.31. The summed E-state index contributed by atoms with van der Waals surface area (Å²) in [4.78, 5) is 34.7. The second kappa shape index (κ2) is 8.83. The van der Waals surface area contributed by atoms with Crippen LogP contribution in [0.3, 0.4) is 0 Å². The lowest BCUT2D eigenvalue weighted by atomic mass is 10.1. The Morgan fingerprint density at radius 3 is 2.46 bits per heavy atom. The molecule has 1 N–H and O–H groups in total. The smallest absolute Gasteiger partial charge is 0.337 e. The first kappa shape index (κ1) is 17.7. The van der Waals surface area contributed by atoms with Crippen LogP contribution in [-0.2, 0) is 20.9 Å². The Morgan fingerprint density at radius 1 is 1.08 bits per heavy atom. The summed E-state index contributed by atoms with van der Waals surface area (Å²) in [6, 6.07) is 8.32. The normalized spacial score (nSPS) is 10.0. The van der Waals surface area contributed by atoms with Gasteiger partial charge in [0.2, 0.25) is 0 Å². The van der Waals surface area contributed by atoms with Crippen molar-refractivity contribution in [2.45, 2.75) is 13.0 Å². The van der Waals surface area contributed by atoms with Crippen LogP contribution in [-0.4, -0.2) is 31.5 Å². The molecular formula is C17H17NO5S. The number of benzene rings is 1. The Morgan fingerprint density at radius 2 is 1.83 bits per heavy atom. The van der Waals surface area contributed by atoms with Crippen LogP contribution in [0.5, 0.6) is 0 Å². The zero-order valence-electron chi connectivity index (χ0n) is 13.1. The first-order chi connectivity index (χ1) is 11.6. The first-order valence-electron chi connectivity index (χ1n) is 7.23. The van der Waals surface area contributed by atoms with Crippen molar-refractivity contribution in [2.24, 2.45) is 0 Å². The lowest BCUT2D eigenvalue weighted by Crippen LogP contribution is -2.26. The van der Waals surface area contributed by atoms with E-state index >= 15 is 0 Å². The number of hydrogen-bond acceptors (Lipinski definition) is 6. The van der Waals surface area contributed by atoms with Gasteiger partial charge < -0.3 is 14.8 Å². The third kappa shape index (κ3) is 5.20. The SMILES string of the molecule is COC(=O)c1ccc(COC(=O)CCNC(=O)c2ccsc2)cc1. The van der Waals surface area contributed by atoms with Crippen molar-refractivity contribution in [1.29, 1.82) is 0 Å². The summed E-state index contributed by atoms with van der Waals surface area (Å²) in [5, 5.41) is 6.21. The van der Waals surface area contributed by atoms with Crippen molar-refractivity contribution in [3.05, 3.63) is 57.8 Å². The third-order valence-electron chi connectivity index (χ3n) is 3.17. The summed E-state index contributed by atoms with van der Waals surface area (Å²) < 4.78 is 9.73. The number of hydrogen-bond donors (Lipinski definition) is 1. The van der Waals surface area contributed by atoms with Crippen LogP contribution < -0.4 is 5.32 Å². The molecule has 1 aromatic heterocycles. The van der Waals surface area contributed by atoms with Crippen molar-refractivity contribution in [2.75, 3.05) is 13.7 Å². The number of carbonyl (C=O) groups is 3. The average molecular weight is 347 g/mol. The molecule has 0 radical (unpaired) electrons. The molecule has 0 atom stereocenters. The van der Waals surface area contributed by atoms with Gasteiger partial charge in [0.25, 0.3) is 5.91 Å². The Kier molecular flexibility index (Phi) is 6.51. The van der Waals surface area contributed by atoms with Crippen LogP contribution in [0.15, 0.2) is 41.1 Å². The van der Waals surface area contributed by atoms with Crippen molar-refractivity contribution < 1.29 is 23.9 Å². The summed E-state index contributed by atoms with van der Waals surface area (Å²) in [6.07, 6.45) is 0.0934. The molecule has 0 aliphatic rings. The lowest BCUT2D eigenvalue weighted by molar-refractivity contribution is -0.144. The van der Waals surface area contributed by atoms with E-state index in [1.165, 1.54) is 18.4 Å². The highest BCUT2D eigenvalue weighted by Gasteiger charge is 2.08. The monoisotopic (exact) mass is 347 g/mol. The van der Waals surface area contributed by atoms with Gasteiger partial charge in [0.15, 0.2) is 0 Å². The van der Waals surface area contributed by atoms with Gasteiger partial charge in [-0.25, -0.2) is 4.79 Å². The van der Waals surface area contributed by atoms with Gasteiger partial charge in [-0.1, -0.05) is 12.1 Å². The van der Waals surface area contributed by atoms with E-state index in [2.05, 4.69) is 10.1 Å². The molecule has 24 heavy (non-hydrogen) atoms. The van der Waals surface area contributed by atoms with E-state index in [-0.39, 0.29) is 25.5 Å². The standard InChI is InChI=1S/C17H17NO5S/c1-22-17(21)13-4-2-12(3-5-13)10-23-15(19)6-8-18-16(20)14-7-9-24-11-14/h2-5,7,9,11H,6,8,10H2,1H3,(H,18,20). The molecule has 7 heteroatoms. The Hall–Kier alpha value is -2.67. The number of methoxy groups -OCH3 is 1. The summed E-state index contributed by atoms with van der Waals surface area (Å²) in [5.74, 6) is -1.03. The van der Waals surface area contributed by atoms with Crippen LogP contribution in [0.2, 0.25) is 0 Å². The molecule has 0 saturated heterocycles.